The highest BCUT2D eigenvalue weighted by molar-refractivity contribution is 5.87. The number of aliphatic hydroxyl groups excluding tert-OH is 1. The fourth-order valence-corrected chi connectivity index (χ4v) is 2.17. The monoisotopic (exact) mass is 213 g/mol. The molecule has 2 rings (SSSR count). The van der Waals surface area contributed by atoms with Gasteiger partial charge in [-0.3, -0.25) is 4.79 Å². The highest BCUT2D eigenvalue weighted by atomic mass is 16.4. The second-order valence-electron chi connectivity index (χ2n) is 4.55. The van der Waals surface area contributed by atoms with Crippen molar-refractivity contribution in [3.8, 4) is 0 Å². The van der Waals surface area contributed by atoms with Gasteiger partial charge in [-0.05, 0) is 12.3 Å². The van der Waals surface area contributed by atoms with E-state index in [1.165, 1.54) is 4.90 Å². The van der Waals surface area contributed by atoms with E-state index in [1.807, 2.05) is 6.92 Å². The first kappa shape index (κ1) is 10.4. The average molecular weight is 213 g/mol. The number of carbonyl (C=O) groups excluding carboxylic acids is 1. The number of carbonyl (C=O) groups is 2. The number of amides is 1. The Balaban J connectivity index is 2.06. The number of rotatable bonds is 2. The number of hydrogen-bond donors (Lipinski definition) is 2. The lowest BCUT2D eigenvalue weighted by Crippen LogP contribution is -2.41. The van der Waals surface area contributed by atoms with E-state index in [4.69, 9.17) is 5.11 Å². The third kappa shape index (κ3) is 1.84. The molecule has 1 heterocycles. The molecule has 0 bridgehead atoms. The van der Waals surface area contributed by atoms with Gasteiger partial charge in [-0.1, -0.05) is 6.92 Å². The maximum absolute atomic E-state index is 11.8. The van der Waals surface area contributed by atoms with E-state index in [0.717, 1.165) is 6.42 Å². The van der Waals surface area contributed by atoms with Crippen LogP contribution in [0.4, 0.5) is 0 Å². The molecule has 0 aromatic carbocycles. The SMILES string of the molecule is CC1CC1C(=O)N1CC(O)CC1C(=O)O. The Labute approximate surface area is 87.7 Å². The van der Waals surface area contributed by atoms with Crippen molar-refractivity contribution < 1.29 is 19.8 Å². The summed E-state index contributed by atoms with van der Waals surface area (Å²) < 4.78 is 0. The zero-order valence-corrected chi connectivity index (χ0v) is 8.59. The number of aliphatic hydroxyl groups is 1. The van der Waals surface area contributed by atoms with E-state index in [-0.39, 0.29) is 24.8 Å². The highest BCUT2D eigenvalue weighted by Gasteiger charge is 2.47. The molecule has 0 radical (unpaired) electrons. The largest absolute Gasteiger partial charge is 0.480 e. The molecule has 1 saturated heterocycles. The van der Waals surface area contributed by atoms with E-state index in [9.17, 15) is 14.7 Å². The number of β-amino-alcohol motifs (C(OH)–C–C–N with tert-alkyl or cyclic N) is 1. The van der Waals surface area contributed by atoms with Crippen molar-refractivity contribution in [3.63, 3.8) is 0 Å². The van der Waals surface area contributed by atoms with Crippen molar-refractivity contribution in [1.29, 1.82) is 0 Å². The third-order valence-corrected chi connectivity index (χ3v) is 3.27. The molecule has 0 aromatic rings. The summed E-state index contributed by atoms with van der Waals surface area (Å²) in [4.78, 5) is 24.0. The van der Waals surface area contributed by atoms with Crippen LogP contribution in [-0.4, -0.2) is 45.7 Å². The van der Waals surface area contributed by atoms with Crippen LogP contribution in [0, 0.1) is 11.8 Å². The quantitative estimate of drug-likeness (QED) is 0.659. The Bertz CT molecular complexity index is 304. The van der Waals surface area contributed by atoms with E-state index in [0.29, 0.717) is 5.92 Å². The smallest absolute Gasteiger partial charge is 0.326 e. The number of nitrogens with zero attached hydrogens (tertiary/aromatic N) is 1. The van der Waals surface area contributed by atoms with Gasteiger partial charge in [0.25, 0.3) is 0 Å². The standard InChI is InChI=1S/C10H15NO4/c1-5-2-7(5)9(13)11-4-6(12)3-8(11)10(14)15/h5-8,12H,2-4H2,1H3,(H,14,15). The van der Waals surface area contributed by atoms with Gasteiger partial charge in [0.1, 0.15) is 6.04 Å². The molecular weight excluding hydrogens is 198 g/mol. The van der Waals surface area contributed by atoms with Gasteiger partial charge in [0, 0.05) is 18.9 Å². The van der Waals surface area contributed by atoms with E-state index in [2.05, 4.69) is 0 Å². The highest BCUT2D eigenvalue weighted by Crippen LogP contribution is 2.40. The Hall–Kier alpha value is -1.10. The predicted molar refractivity (Wildman–Crippen MR) is 51.0 cm³/mol. The van der Waals surface area contributed by atoms with Crippen LogP contribution >= 0.6 is 0 Å². The lowest BCUT2D eigenvalue weighted by Gasteiger charge is -2.21. The number of aliphatic carboxylic acids is 1. The van der Waals surface area contributed by atoms with E-state index >= 15 is 0 Å². The average Bonchev–Trinajstić information content (AvgIpc) is 2.73. The lowest BCUT2D eigenvalue weighted by molar-refractivity contribution is -0.148. The van der Waals surface area contributed by atoms with E-state index in [1.54, 1.807) is 0 Å². The van der Waals surface area contributed by atoms with Gasteiger partial charge >= 0.3 is 5.97 Å². The summed E-state index contributed by atoms with van der Waals surface area (Å²) in [6.07, 6.45) is 0.309. The minimum atomic E-state index is -1.02. The minimum absolute atomic E-state index is 0.0165. The number of hydrogen-bond acceptors (Lipinski definition) is 3. The van der Waals surface area contributed by atoms with Gasteiger partial charge in [-0.25, -0.2) is 4.79 Å². The summed E-state index contributed by atoms with van der Waals surface area (Å²) in [5.74, 6) is -0.776. The Morgan fingerprint density at radius 2 is 1.93 bits per heavy atom. The van der Waals surface area contributed by atoms with Gasteiger partial charge in [-0.15, -0.1) is 0 Å². The first-order valence-electron chi connectivity index (χ1n) is 5.22. The van der Waals surface area contributed by atoms with Crippen LogP contribution in [0.3, 0.4) is 0 Å². The maximum Gasteiger partial charge on any atom is 0.326 e. The molecule has 15 heavy (non-hydrogen) atoms. The second-order valence-corrected chi connectivity index (χ2v) is 4.55. The Morgan fingerprint density at radius 3 is 2.40 bits per heavy atom. The van der Waals surface area contributed by atoms with Gasteiger partial charge in [0.05, 0.1) is 6.10 Å². The second kappa shape index (κ2) is 3.48. The van der Waals surface area contributed by atoms with Crippen LogP contribution in [0.5, 0.6) is 0 Å². The zero-order chi connectivity index (χ0) is 11.2. The van der Waals surface area contributed by atoms with Crippen LogP contribution < -0.4 is 0 Å². The first-order chi connectivity index (χ1) is 7.00. The van der Waals surface area contributed by atoms with Crippen LogP contribution in [0.1, 0.15) is 19.8 Å². The fraction of sp³-hybridized carbons (Fsp3) is 0.800. The van der Waals surface area contributed by atoms with Gasteiger partial charge < -0.3 is 15.1 Å². The molecule has 0 aromatic heterocycles. The van der Waals surface area contributed by atoms with Crippen LogP contribution in [0.15, 0.2) is 0 Å². The number of carboxylic acid groups (broad SMARTS) is 1. The predicted octanol–water partition coefficient (Wildman–Crippen LogP) is -0.311. The molecule has 1 amide bonds. The molecule has 2 fully saturated rings. The summed E-state index contributed by atoms with van der Waals surface area (Å²) in [5, 5.41) is 18.3. The summed E-state index contributed by atoms with van der Waals surface area (Å²) in [5.41, 5.74) is 0. The Morgan fingerprint density at radius 1 is 1.33 bits per heavy atom. The van der Waals surface area contributed by atoms with Crippen molar-refractivity contribution >= 4 is 11.9 Å². The summed E-state index contributed by atoms with van der Waals surface area (Å²) in [7, 11) is 0. The third-order valence-electron chi connectivity index (χ3n) is 3.27. The molecular formula is C10H15NO4. The van der Waals surface area contributed by atoms with E-state index < -0.39 is 18.1 Å². The van der Waals surface area contributed by atoms with Crippen LogP contribution in [0.2, 0.25) is 0 Å². The van der Waals surface area contributed by atoms with Gasteiger partial charge in [-0.2, -0.15) is 0 Å². The zero-order valence-electron chi connectivity index (χ0n) is 8.59. The van der Waals surface area contributed by atoms with Crippen molar-refractivity contribution in [2.24, 2.45) is 11.8 Å². The molecule has 1 saturated carbocycles. The fourth-order valence-electron chi connectivity index (χ4n) is 2.17. The molecule has 0 spiro atoms. The molecule has 5 nitrogen and oxygen atoms in total. The lowest BCUT2D eigenvalue weighted by atomic mass is 10.2. The topological polar surface area (TPSA) is 77.8 Å². The maximum atomic E-state index is 11.8. The summed E-state index contributed by atoms with van der Waals surface area (Å²) >= 11 is 0. The summed E-state index contributed by atoms with van der Waals surface area (Å²) in [6, 6.07) is -0.833. The van der Waals surface area contributed by atoms with Crippen LogP contribution in [-0.2, 0) is 9.59 Å². The summed E-state index contributed by atoms with van der Waals surface area (Å²) in [6.45, 7) is 2.14. The van der Waals surface area contributed by atoms with Crippen molar-refractivity contribution in [2.45, 2.75) is 31.9 Å². The van der Waals surface area contributed by atoms with Crippen molar-refractivity contribution in [1.82, 2.24) is 4.90 Å². The van der Waals surface area contributed by atoms with Crippen LogP contribution in [0.25, 0.3) is 0 Å². The number of likely N-dealkylation sites (tertiary alicyclic amines) is 1. The van der Waals surface area contributed by atoms with Gasteiger partial charge in [0.2, 0.25) is 5.91 Å². The van der Waals surface area contributed by atoms with Gasteiger partial charge in [0.15, 0.2) is 0 Å². The minimum Gasteiger partial charge on any atom is -0.480 e. The molecule has 1 aliphatic carbocycles. The molecule has 2 aliphatic rings. The molecule has 4 atom stereocenters. The molecule has 5 heteroatoms. The molecule has 2 N–H and O–H groups in total. The Kier molecular flexibility index (Phi) is 2.42. The number of carboxylic acids is 1. The molecule has 1 aliphatic heterocycles. The molecule has 4 unspecified atom stereocenters. The first-order valence-corrected chi connectivity index (χ1v) is 5.22. The van der Waals surface area contributed by atoms with Crippen molar-refractivity contribution in [2.75, 3.05) is 6.54 Å². The normalized spacial score (nSPS) is 39.2. The molecule has 84 valence electrons. The van der Waals surface area contributed by atoms with Crippen molar-refractivity contribution in [3.05, 3.63) is 0 Å².